The fourth-order valence-electron chi connectivity index (χ4n) is 1.77. The summed E-state index contributed by atoms with van der Waals surface area (Å²) in [7, 11) is 1.50. The molecular weight excluding hydrogens is 310 g/mol. The van der Waals surface area contributed by atoms with Crippen molar-refractivity contribution in [3.05, 3.63) is 36.4 Å². The number of methoxy groups -OCH3 is 1. The Balaban J connectivity index is 2.76. The zero-order chi connectivity index (χ0) is 18.1. The third-order valence-corrected chi connectivity index (χ3v) is 3.05. The first kappa shape index (κ1) is 19.5. The van der Waals surface area contributed by atoms with Gasteiger partial charge in [-0.15, -0.1) is 6.58 Å². The van der Waals surface area contributed by atoms with Crippen molar-refractivity contribution in [2.45, 2.75) is 26.9 Å². The number of esters is 1. The van der Waals surface area contributed by atoms with Gasteiger partial charge in [-0.3, -0.25) is 4.79 Å². The summed E-state index contributed by atoms with van der Waals surface area (Å²) in [6.45, 7) is 9.95. The average Bonchev–Trinajstić information content (AvgIpc) is 2.57. The highest BCUT2D eigenvalue weighted by Gasteiger charge is 2.19. The molecule has 0 saturated carbocycles. The minimum atomic E-state index is -0.902. The monoisotopic (exact) mass is 335 g/mol. The van der Waals surface area contributed by atoms with Crippen molar-refractivity contribution in [1.29, 1.82) is 0 Å². The molecule has 6 heteroatoms. The first-order valence-electron chi connectivity index (χ1n) is 7.79. The van der Waals surface area contributed by atoms with Crippen LogP contribution >= 0.6 is 0 Å². The van der Waals surface area contributed by atoms with E-state index in [1.54, 1.807) is 18.2 Å². The van der Waals surface area contributed by atoms with E-state index < -0.39 is 12.1 Å². The number of carbonyl (C=O) groups excluding carboxylic acids is 2. The Morgan fingerprint density at radius 2 is 1.96 bits per heavy atom. The second kappa shape index (κ2) is 9.60. The number of ether oxygens (including phenoxy) is 3. The van der Waals surface area contributed by atoms with Crippen LogP contribution < -0.4 is 14.8 Å². The molecule has 1 aromatic carbocycles. The van der Waals surface area contributed by atoms with E-state index in [1.807, 2.05) is 13.8 Å². The first-order valence-corrected chi connectivity index (χ1v) is 7.79. The molecule has 24 heavy (non-hydrogen) atoms. The Morgan fingerprint density at radius 1 is 1.25 bits per heavy atom. The van der Waals surface area contributed by atoms with Gasteiger partial charge < -0.3 is 19.5 Å². The first-order chi connectivity index (χ1) is 11.4. The van der Waals surface area contributed by atoms with E-state index in [-0.39, 0.29) is 11.5 Å². The SMILES string of the molecule is C=CCNC(=O)[C@@H](C)OC(=O)c1ccc(OCC(C)C)c(OC)c1. The van der Waals surface area contributed by atoms with Gasteiger partial charge in [0, 0.05) is 6.54 Å². The van der Waals surface area contributed by atoms with Gasteiger partial charge in [0.25, 0.3) is 5.91 Å². The van der Waals surface area contributed by atoms with E-state index >= 15 is 0 Å². The number of benzene rings is 1. The zero-order valence-electron chi connectivity index (χ0n) is 14.6. The van der Waals surface area contributed by atoms with Crippen LogP contribution in [-0.4, -0.2) is 38.2 Å². The molecule has 6 nitrogen and oxygen atoms in total. The van der Waals surface area contributed by atoms with Gasteiger partial charge in [0.15, 0.2) is 17.6 Å². The van der Waals surface area contributed by atoms with Crippen LogP contribution in [0.1, 0.15) is 31.1 Å². The normalized spacial score (nSPS) is 11.5. The summed E-state index contributed by atoms with van der Waals surface area (Å²) in [5, 5.41) is 2.57. The smallest absolute Gasteiger partial charge is 0.339 e. The predicted octanol–water partition coefficient (Wildman–Crippen LogP) is 2.58. The van der Waals surface area contributed by atoms with Crippen molar-refractivity contribution in [2.24, 2.45) is 5.92 Å². The summed E-state index contributed by atoms with van der Waals surface area (Å²) in [6, 6.07) is 4.77. The van der Waals surface area contributed by atoms with Crippen molar-refractivity contribution in [1.82, 2.24) is 5.32 Å². The van der Waals surface area contributed by atoms with Gasteiger partial charge in [-0.25, -0.2) is 4.79 Å². The molecule has 0 aliphatic rings. The lowest BCUT2D eigenvalue weighted by atomic mass is 10.2. The molecule has 1 atom stereocenters. The van der Waals surface area contributed by atoms with Gasteiger partial charge in [0.2, 0.25) is 0 Å². The molecule has 132 valence electrons. The molecule has 1 amide bonds. The molecule has 0 radical (unpaired) electrons. The van der Waals surface area contributed by atoms with Gasteiger partial charge in [-0.1, -0.05) is 19.9 Å². The Morgan fingerprint density at radius 3 is 2.54 bits per heavy atom. The highest BCUT2D eigenvalue weighted by Crippen LogP contribution is 2.28. The molecule has 0 saturated heterocycles. The van der Waals surface area contributed by atoms with E-state index in [2.05, 4.69) is 11.9 Å². The summed E-state index contributed by atoms with van der Waals surface area (Å²) in [6.07, 6.45) is 0.646. The van der Waals surface area contributed by atoms with Crippen LogP contribution in [0.3, 0.4) is 0 Å². The molecule has 0 aliphatic carbocycles. The van der Waals surface area contributed by atoms with Gasteiger partial charge in [-0.05, 0) is 31.0 Å². The molecule has 1 N–H and O–H groups in total. The molecular formula is C18H25NO5. The van der Waals surface area contributed by atoms with E-state index in [1.165, 1.54) is 20.1 Å². The van der Waals surface area contributed by atoms with Crippen LogP contribution in [0.4, 0.5) is 0 Å². The summed E-state index contributed by atoms with van der Waals surface area (Å²) in [5.74, 6) is 0.375. The summed E-state index contributed by atoms with van der Waals surface area (Å²) in [5.41, 5.74) is 0.284. The van der Waals surface area contributed by atoms with Crippen molar-refractivity contribution < 1.29 is 23.8 Å². The molecule has 0 heterocycles. The van der Waals surface area contributed by atoms with Gasteiger partial charge >= 0.3 is 5.97 Å². The van der Waals surface area contributed by atoms with E-state index in [0.29, 0.717) is 30.6 Å². The quantitative estimate of drug-likeness (QED) is 0.554. The molecule has 0 fully saturated rings. The summed E-state index contributed by atoms with van der Waals surface area (Å²) < 4.78 is 16.0. The molecule has 1 rings (SSSR count). The van der Waals surface area contributed by atoms with Crippen molar-refractivity contribution in [3.8, 4) is 11.5 Å². The Labute approximate surface area is 142 Å². The fraction of sp³-hybridized carbons (Fsp3) is 0.444. The number of hydrogen-bond acceptors (Lipinski definition) is 5. The minimum Gasteiger partial charge on any atom is -0.493 e. The predicted molar refractivity (Wildman–Crippen MR) is 91.4 cm³/mol. The molecule has 0 bridgehead atoms. The number of carbonyl (C=O) groups is 2. The maximum Gasteiger partial charge on any atom is 0.339 e. The second-order valence-corrected chi connectivity index (χ2v) is 5.65. The topological polar surface area (TPSA) is 73.9 Å². The molecule has 1 aromatic rings. The number of rotatable bonds is 9. The highest BCUT2D eigenvalue weighted by atomic mass is 16.5. The van der Waals surface area contributed by atoms with Crippen LogP contribution in [-0.2, 0) is 9.53 Å². The lowest BCUT2D eigenvalue weighted by Crippen LogP contribution is -2.35. The van der Waals surface area contributed by atoms with Crippen LogP contribution in [0.25, 0.3) is 0 Å². The van der Waals surface area contributed by atoms with Crippen molar-refractivity contribution in [3.63, 3.8) is 0 Å². The van der Waals surface area contributed by atoms with Gasteiger partial charge in [0.05, 0.1) is 19.3 Å². The van der Waals surface area contributed by atoms with Crippen LogP contribution in [0, 0.1) is 5.92 Å². The minimum absolute atomic E-state index is 0.284. The lowest BCUT2D eigenvalue weighted by Gasteiger charge is -2.15. The summed E-state index contributed by atoms with van der Waals surface area (Å²) in [4.78, 5) is 23.9. The molecule has 0 unspecified atom stereocenters. The second-order valence-electron chi connectivity index (χ2n) is 5.65. The summed E-state index contributed by atoms with van der Waals surface area (Å²) >= 11 is 0. The van der Waals surface area contributed by atoms with Gasteiger partial charge in [-0.2, -0.15) is 0 Å². The maximum atomic E-state index is 12.2. The number of nitrogens with one attached hydrogen (secondary N) is 1. The Hall–Kier alpha value is -2.50. The van der Waals surface area contributed by atoms with E-state index in [9.17, 15) is 9.59 Å². The van der Waals surface area contributed by atoms with Crippen LogP contribution in [0.2, 0.25) is 0 Å². The van der Waals surface area contributed by atoms with E-state index in [0.717, 1.165) is 0 Å². The molecule has 0 aliphatic heterocycles. The van der Waals surface area contributed by atoms with Gasteiger partial charge in [0.1, 0.15) is 0 Å². The Kier molecular flexibility index (Phi) is 7.82. The molecule has 0 aromatic heterocycles. The fourth-order valence-corrected chi connectivity index (χ4v) is 1.77. The standard InChI is InChI=1S/C18H25NO5/c1-6-9-19-17(20)13(4)24-18(21)14-7-8-15(16(10-14)22-5)23-11-12(2)3/h6-8,10,12-13H,1,9,11H2,2-5H3,(H,19,20)/t13-/m1/s1. The average molecular weight is 335 g/mol. The third-order valence-electron chi connectivity index (χ3n) is 3.05. The third kappa shape index (κ3) is 5.95. The lowest BCUT2D eigenvalue weighted by molar-refractivity contribution is -0.128. The zero-order valence-corrected chi connectivity index (χ0v) is 14.6. The van der Waals surface area contributed by atoms with Crippen LogP contribution in [0.15, 0.2) is 30.9 Å². The maximum absolute atomic E-state index is 12.2. The van der Waals surface area contributed by atoms with Crippen molar-refractivity contribution >= 4 is 11.9 Å². The largest absolute Gasteiger partial charge is 0.493 e. The van der Waals surface area contributed by atoms with Crippen molar-refractivity contribution in [2.75, 3.05) is 20.3 Å². The van der Waals surface area contributed by atoms with E-state index in [4.69, 9.17) is 14.2 Å². The Bertz CT molecular complexity index is 583. The molecule has 0 spiro atoms. The number of amides is 1. The van der Waals surface area contributed by atoms with Crippen LogP contribution in [0.5, 0.6) is 11.5 Å². The number of hydrogen-bond donors (Lipinski definition) is 1. The highest BCUT2D eigenvalue weighted by molar-refractivity contribution is 5.92.